The van der Waals surface area contributed by atoms with E-state index < -0.39 is 0 Å². The van der Waals surface area contributed by atoms with Crippen molar-refractivity contribution in [1.82, 2.24) is 20.3 Å². The summed E-state index contributed by atoms with van der Waals surface area (Å²) in [5, 5.41) is 8.99. The van der Waals surface area contributed by atoms with E-state index in [-0.39, 0.29) is 18.3 Å². The Morgan fingerprint density at radius 1 is 1.03 bits per heavy atom. The number of nitrogens with one attached hydrogen (secondary N) is 3. The van der Waals surface area contributed by atoms with E-state index in [2.05, 4.69) is 30.9 Å². The van der Waals surface area contributed by atoms with Crippen molar-refractivity contribution in [2.45, 2.75) is 6.92 Å². The highest BCUT2D eigenvalue weighted by atomic mass is 19.1. The van der Waals surface area contributed by atoms with Crippen molar-refractivity contribution in [3.63, 3.8) is 0 Å². The van der Waals surface area contributed by atoms with Crippen molar-refractivity contribution in [3.05, 3.63) is 66.4 Å². The molecule has 2 aromatic heterocycles. The number of rotatable bonds is 9. The predicted molar refractivity (Wildman–Crippen MR) is 108 cm³/mol. The Morgan fingerprint density at radius 2 is 1.83 bits per heavy atom. The first kappa shape index (κ1) is 20.0. The van der Waals surface area contributed by atoms with Crippen molar-refractivity contribution in [2.75, 3.05) is 30.3 Å². The second-order valence-corrected chi connectivity index (χ2v) is 6.04. The number of hydrogen-bond donors (Lipinski definition) is 3. The van der Waals surface area contributed by atoms with Gasteiger partial charge >= 0.3 is 0 Å². The van der Waals surface area contributed by atoms with E-state index in [1.165, 1.54) is 24.3 Å². The average Bonchev–Trinajstić information content (AvgIpc) is 2.71. The van der Waals surface area contributed by atoms with Gasteiger partial charge in [0.2, 0.25) is 0 Å². The fourth-order valence-corrected chi connectivity index (χ4v) is 2.41. The number of carbonyl (C=O) groups is 1. The molecule has 0 saturated heterocycles. The number of aromatic nitrogens is 3. The molecule has 8 nitrogen and oxygen atoms in total. The van der Waals surface area contributed by atoms with Gasteiger partial charge in [-0.05, 0) is 43.3 Å². The van der Waals surface area contributed by atoms with Gasteiger partial charge in [0.05, 0.1) is 0 Å². The number of pyridine rings is 1. The Bertz CT molecular complexity index is 937. The number of amides is 1. The van der Waals surface area contributed by atoms with Gasteiger partial charge in [0.1, 0.15) is 34.8 Å². The summed E-state index contributed by atoms with van der Waals surface area (Å²) in [5.74, 6) is 2.35. The SMILES string of the molecule is Cc1nc(NCCNC(=O)COc2ccc(F)cc2)cc(Nc2ccccn2)n1. The first-order valence-corrected chi connectivity index (χ1v) is 9.01. The van der Waals surface area contributed by atoms with Crippen LogP contribution in [0.5, 0.6) is 5.75 Å². The number of carbonyl (C=O) groups excluding carboxylic acids is 1. The fourth-order valence-electron chi connectivity index (χ4n) is 2.41. The van der Waals surface area contributed by atoms with Crippen LogP contribution < -0.4 is 20.7 Å². The standard InChI is InChI=1S/C20H21FN6O2/c1-14-25-18(12-19(26-14)27-17-4-2-3-9-22-17)23-10-11-24-20(28)13-29-16-7-5-15(21)6-8-16/h2-9,12H,10-11,13H2,1H3,(H,24,28)(H2,22,23,25,26,27). The number of anilines is 3. The van der Waals surface area contributed by atoms with Crippen LogP contribution in [0.1, 0.15) is 5.82 Å². The third kappa shape index (κ3) is 6.73. The molecule has 0 fully saturated rings. The van der Waals surface area contributed by atoms with Crippen LogP contribution >= 0.6 is 0 Å². The molecule has 0 spiro atoms. The molecule has 3 rings (SSSR count). The largest absolute Gasteiger partial charge is 0.484 e. The minimum absolute atomic E-state index is 0.142. The number of ether oxygens (including phenoxy) is 1. The Hall–Kier alpha value is -3.75. The van der Waals surface area contributed by atoms with E-state index in [4.69, 9.17) is 4.74 Å². The lowest BCUT2D eigenvalue weighted by Gasteiger charge is -2.11. The van der Waals surface area contributed by atoms with E-state index >= 15 is 0 Å². The summed E-state index contributed by atoms with van der Waals surface area (Å²) in [6.07, 6.45) is 1.69. The van der Waals surface area contributed by atoms with Crippen LogP contribution in [0.15, 0.2) is 54.7 Å². The number of aryl methyl sites for hydroxylation is 1. The molecule has 0 atom stereocenters. The second kappa shape index (κ2) is 9.98. The molecule has 9 heteroatoms. The van der Waals surface area contributed by atoms with Crippen LogP contribution in [0, 0.1) is 12.7 Å². The molecule has 0 aliphatic rings. The number of hydrogen-bond acceptors (Lipinski definition) is 7. The Morgan fingerprint density at radius 3 is 2.59 bits per heavy atom. The summed E-state index contributed by atoms with van der Waals surface area (Å²) in [4.78, 5) is 24.7. The third-order valence-corrected chi connectivity index (χ3v) is 3.70. The van der Waals surface area contributed by atoms with Gasteiger partial charge in [-0.15, -0.1) is 0 Å². The molecule has 0 aliphatic carbocycles. The molecule has 2 heterocycles. The Balaban J connectivity index is 1.41. The van der Waals surface area contributed by atoms with E-state index in [0.29, 0.717) is 42.1 Å². The molecule has 0 bridgehead atoms. The normalized spacial score (nSPS) is 10.3. The van der Waals surface area contributed by atoms with Crippen LogP contribution in [0.4, 0.5) is 21.8 Å². The molecule has 0 saturated carbocycles. The van der Waals surface area contributed by atoms with E-state index in [0.717, 1.165) is 0 Å². The molecule has 29 heavy (non-hydrogen) atoms. The molecule has 0 radical (unpaired) electrons. The minimum Gasteiger partial charge on any atom is -0.484 e. The molecule has 0 aliphatic heterocycles. The zero-order valence-corrected chi connectivity index (χ0v) is 15.9. The lowest BCUT2D eigenvalue weighted by atomic mass is 10.3. The van der Waals surface area contributed by atoms with Crippen LogP contribution in [0.2, 0.25) is 0 Å². The number of benzene rings is 1. The van der Waals surface area contributed by atoms with Crippen molar-refractivity contribution >= 4 is 23.4 Å². The zero-order valence-electron chi connectivity index (χ0n) is 15.9. The zero-order chi connectivity index (χ0) is 20.5. The highest BCUT2D eigenvalue weighted by molar-refractivity contribution is 5.77. The first-order valence-electron chi connectivity index (χ1n) is 9.01. The highest BCUT2D eigenvalue weighted by Gasteiger charge is 2.05. The lowest BCUT2D eigenvalue weighted by Crippen LogP contribution is -2.32. The molecular formula is C20H21FN6O2. The van der Waals surface area contributed by atoms with Gasteiger partial charge < -0.3 is 20.7 Å². The van der Waals surface area contributed by atoms with Crippen LogP contribution in [0.3, 0.4) is 0 Å². The van der Waals surface area contributed by atoms with E-state index in [9.17, 15) is 9.18 Å². The molecule has 1 amide bonds. The van der Waals surface area contributed by atoms with Crippen LogP contribution in [-0.4, -0.2) is 40.6 Å². The quantitative estimate of drug-likeness (QED) is 0.478. The Labute approximate surface area is 167 Å². The summed E-state index contributed by atoms with van der Waals surface area (Å²) in [7, 11) is 0. The van der Waals surface area contributed by atoms with Crippen molar-refractivity contribution in [2.24, 2.45) is 0 Å². The van der Waals surface area contributed by atoms with Crippen LogP contribution in [-0.2, 0) is 4.79 Å². The fraction of sp³-hybridized carbons (Fsp3) is 0.200. The van der Waals surface area contributed by atoms with E-state index in [1.54, 1.807) is 19.2 Å². The van der Waals surface area contributed by atoms with Crippen molar-refractivity contribution < 1.29 is 13.9 Å². The smallest absolute Gasteiger partial charge is 0.258 e. The molecule has 1 aromatic carbocycles. The monoisotopic (exact) mass is 396 g/mol. The summed E-state index contributed by atoms with van der Waals surface area (Å²) >= 11 is 0. The third-order valence-electron chi connectivity index (χ3n) is 3.70. The molecule has 0 unspecified atom stereocenters. The molecular weight excluding hydrogens is 375 g/mol. The van der Waals surface area contributed by atoms with Gasteiger partial charge in [-0.25, -0.2) is 19.3 Å². The maximum atomic E-state index is 12.8. The number of halogens is 1. The molecule has 3 aromatic rings. The van der Waals surface area contributed by atoms with Gasteiger partial charge in [-0.1, -0.05) is 6.07 Å². The van der Waals surface area contributed by atoms with E-state index in [1.807, 2.05) is 18.2 Å². The Kier molecular flexibility index (Phi) is 6.88. The molecule has 150 valence electrons. The lowest BCUT2D eigenvalue weighted by molar-refractivity contribution is -0.123. The van der Waals surface area contributed by atoms with Gasteiger partial charge in [0, 0.05) is 25.4 Å². The van der Waals surface area contributed by atoms with Gasteiger partial charge in [-0.3, -0.25) is 4.79 Å². The average molecular weight is 396 g/mol. The minimum atomic E-state index is -0.355. The topological polar surface area (TPSA) is 101 Å². The van der Waals surface area contributed by atoms with Gasteiger partial charge in [-0.2, -0.15) is 0 Å². The maximum Gasteiger partial charge on any atom is 0.258 e. The summed E-state index contributed by atoms with van der Waals surface area (Å²) in [5.41, 5.74) is 0. The first-order chi connectivity index (χ1) is 14.1. The maximum absolute atomic E-state index is 12.8. The predicted octanol–water partition coefficient (Wildman–Crippen LogP) is 2.67. The van der Waals surface area contributed by atoms with Crippen molar-refractivity contribution in [3.8, 4) is 5.75 Å². The summed E-state index contributed by atoms with van der Waals surface area (Å²) < 4.78 is 18.1. The summed E-state index contributed by atoms with van der Waals surface area (Å²) in [6.45, 7) is 2.51. The van der Waals surface area contributed by atoms with Crippen molar-refractivity contribution in [1.29, 1.82) is 0 Å². The second-order valence-electron chi connectivity index (χ2n) is 6.04. The molecule has 3 N–H and O–H groups in total. The summed E-state index contributed by atoms with van der Waals surface area (Å²) in [6, 6.07) is 12.8. The van der Waals surface area contributed by atoms with Crippen LogP contribution in [0.25, 0.3) is 0 Å². The van der Waals surface area contributed by atoms with Gasteiger partial charge in [0.25, 0.3) is 5.91 Å². The highest BCUT2D eigenvalue weighted by Crippen LogP contribution is 2.15. The van der Waals surface area contributed by atoms with Gasteiger partial charge in [0.15, 0.2) is 6.61 Å². The number of nitrogens with zero attached hydrogens (tertiary/aromatic N) is 3.